The zero-order chi connectivity index (χ0) is 14.0. The molecule has 2 unspecified atom stereocenters. The first kappa shape index (κ1) is 13.8. The number of rotatable bonds is 5. The van der Waals surface area contributed by atoms with E-state index in [1.807, 2.05) is 38.1 Å². The third-order valence-corrected chi connectivity index (χ3v) is 3.71. The Morgan fingerprint density at radius 1 is 1.32 bits per heavy atom. The molecule has 0 N–H and O–H groups in total. The maximum absolute atomic E-state index is 12.5. The molecule has 0 amide bonds. The predicted octanol–water partition coefficient (Wildman–Crippen LogP) is 2.73. The van der Waals surface area contributed by atoms with Crippen LogP contribution in [0.1, 0.15) is 37.8 Å². The van der Waals surface area contributed by atoms with Crippen molar-refractivity contribution in [2.45, 2.75) is 33.1 Å². The summed E-state index contributed by atoms with van der Waals surface area (Å²) in [5.74, 6) is -1.18. The Morgan fingerprint density at radius 3 is 2.58 bits per heavy atom. The molecule has 2 rings (SSSR count). The maximum Gasteiger partial charge on any atom is 0.316 e. The van der Waals surface area contributed by atoms with Gasteiger partial charge in [0.05, 0.1) is 6.61 Å². The summed E-state index contributed by atoms with van der Waals surface area (Å²) >= 11 is 0. The highest BCUT2D eigenvalue weighted by molar-refractivity contribution is 6.03. The summed E-state index contributed by atoms with van der Waals surface area (Å²) in [6, 6.07) is 7.93. The molecular weight excluding hydrogens is 240 g/mol. The van der Waals surface area contributed by atoms with E-state index in [9.17, 15) is 9.59 Å². The molecule has 0 radical (unpaired) electrons. The number of benzene rings is 1. The lowest BCUT2D eigenvalue weighted by atomic mass is 9.70. The molecule has 3 heteroatoms. The van der Waals surface area contributed by atoms with Crippen molar-refractivity contribution in [1.29, 1.82) is 0 Å². The number of hydrogen-bond acceptors (Lipinski definition) is 3. The van der Waals surface area contributed by atoms with E-state index in [1.165, 1.54) is 5.56 Å². The zero-order valence-electron chi connectivity index (χ0n) is 11.7. The van der Waals surface area contributed by atoms with E-state index in [-0.39, 0.29) is 23.6 Å². The average molecular weight is 260 g/mol. The van der Waals surface area contributed by atoms with Gasteiger partial charge in [0.25, 0.3) is 0 Å². The molecule has 102 valence electrons. The number of ether oxygens (including phenoxy) is 1. The largest absolute Gasteiger partial charge is 0.465 e. The predicted molar refractivity (Wildman–Crippen MR) is 72.9 cm³/mol. The van der Waals surface area contributed by atoms with Gasteiger partial charge in [0, 0.05) is 5.92 Å². The van der Waals surface area contributed by atoms with Gasteiger partial charge in [-0.3, -0.25) is 9.59 Å². The van der Waals surface area contributed by atoms with Crippen LogP contribution in [0.25, 0.3) is 0 Å². The fourth-order valence-corrected chi connectivity index (χ4v) is 2.68. The average Bonchev–Trinajstić information content (AvgIpc) is 2.30. The van der Waals surface area contributed by atoms with Crippen LogP contribution in [0, 0.1) is 11.8 Å². The van der Waals surface area contributed by atoms with Crippen LogP contribution in [0.5, 0.6) is 0 Å². The van der Waals surface area contributed by atoms with Crippen LogP contribution in [-0.2, 0) is 20.7 Å². The molecule has 3 nitrogen and oxygen atoms in total. The Bertz CT molecular complexity index is 491. The number of Topliss-reactive ketones (excluding diaryl/α,β-unsaturated/α-hetero) is 1. The molecule has 0 saturated heterocycles. The Kier molecular flexibility index (Phi) is 4.03. The Hall–Kier alpha value is -1.64. The Labute approximate surface area is 114 Å². The molecule has 1 aliphatic carbocycles. The van der Waals surface area contributed by atoms with Crippen molar-refractivity contribution in [2.75, 3.05) is 6.61 Å². The minimum atomic E-state index is -0.640. The first-order valence-corrected chi connectivity index (χ1v) is 6.84. The van der Waals surface area contributed by atoms with Crippen LogP contribution in [0.3, 0.4) is 0 Å². The van der Waals surface area contributed by atoms with Gasteiger partial charge in [0.1, 0.15) is 5.92 Å². The van der Waals surface area contributed by atoms with Crippen molar-refractivity contribution in [3.8, 4) is 0 Å². The molecule has 1 aliphatic rings. The van der Waals surface area contributed by atoms with Crippen molar-refractivity contribution in [3.05, 3.63) is 35.4 Å². The van der Waals surface area contributed by atoms with Crippen molar-refractivity contribution in [3.63, 3.8) is 0 Å². The minimum absolute atomic E-state index is 0.00662. The summed E-state index contributed by atoms with van der Waals surface area (Å²) in [6.07, 6.45) is 0.748. The van der Waals surface area contributed by atoms with Crippen molar-refractivity contribution in [2.24, 2.45) is 11.8 Å². The number of carbonyl (C=O) groups is 2. The van der Waals surface area contributed by atoms with Crippen molar-refractivity contribution < 1.29 is 14.3 Å². The number of fused-ring (bicyclic) bond motifs is 1. The number of hydrogen-bond donors (Lipinski definition) is 0. The summed E-state index contributed by atoms with van der Waals surface area (Å²) in [5, 5.41) is 0. The summed E-state index contributed by atoms with van der Waals surface area (Å²) in [6.45, 7) is 5.86. The third kappa shape index (κ3) is 2.55. The molecule has 0 bridgehead atoms. The lowest BCUT2D eigenvalue weighted by molar-refractivity contribution is -0.154. The topological polar surface area (TPSA) is 43.4 Å². The van der Waals surface area contributed by atoms with Crippen LogP contribution >= 0.6 is 0 Å². The molecule has 0 fully saturated rings. The van der Waals surface area contributed by atoms with E-state index >= 15 is 0 Å². The smallest absolute Gasteiger partial charge is 0.316 e. The van der Waals surface area contributed by atoms with Crippen LogP contribution in [0.15, 0.2) is 24.3 Å². The fourth-order valence-electron chi connectivity index (χ4n) is 2.68. The second-order valence-corrected chi connectivity index (χ2v) is 5.33. The highest BCUT2D eigenvalue weighted by Crippen LogP contribution is 2.38. The standard InChI is InChI=1S/C16H20O3/c1-4-19-16(18)14(10(2)3)15(17)13-9-11-7-5-6-8-12(11)13/h5-8,10,13-14H,4,9H2,1-3H3. The quantitative estimate of drug-likeness (QED) is 0.604. The van der Waals surface area contributed by atoms with E-state index in [1.54, 1.807) is 6.92 Å². The summed E-state index contributed by atoms with van der Waals surface area (Å²) < 4.78 is 5.03. The van der Waals surface area contributed by atoms with E-state index in [0.717, 1.165) is 12.0 Å². The van der Waals surface area contributed by atoms with Crippen LogP contribution in [0.2, 0.25) is 0 Å². The van der Waals surface area contributed by atoms with Gasteiger partial charge >= 0.3 is 5.97 Å². The molecule has 2 atom stereocenters. The monoisotopic (exact) mass is 260 g/mol. The summed E-state index contributed by atoms with van der Waals surface area (Å²) in [7, 11) is 0. The van der Waals surface area contributed by atoms with Gasteiger partial charge in [0.15, 0.2) is 5.78 Å². The van der Waals surface area contributed by atoms with E-state index in [4.69, 9.17) is 4.74 Å². The van der Waals surface area contributed by atoms with Crippen LogP contribution < -0.4 is 0 Å². The maximum atomic E-state index is 12.5. The van der Waals surface area contributed by atoms with E-state index < -0.39 is 5.92 Å². The molecule has 1 aromatic carbocycles. The number of carbonyl (C=O) groups excluding carboxylic acids is 2. The lowest BCUT2D eigenvalue weighted by Crippen LogP contribution is -2.38. The summed E-state index contributed by atoms with van der Waals surface area (Å²) in [4.78, 5) is 24.5. The van der Waals surface area contributed by atoms with Gasteiger partial charge < -0.3 is 4.74 Å². The molecule has 1 aromatic rings. The van der Waals surface area contributed by atoms with Crippen LogP contribution in [0.4, 0.5) is 0 Å². The second-order valence-electron chi connectivity index (χ2n) is 5.33. The lowest BCUT2D eigenvalue weighted by Gasteiger charge is -2.32. The highest BCUT2D eigenvalue weighted by atomic mass is 16.5. The molecular formula is C16H20O3. The van der Waals surface area contributed by atoms with Gasteiger partial charge in [-0.25, -0.2) is 0 Å². The van der Waals surface area contributed by atoms with Crippen LogP contribution in [-0.4, -0.2) is 18.4 Å². The molecule has 0 heterocycles. The second kappa shape index (κ2) is 5.55. The fraction of sp³-hybridized carbons (Fsp3) is 0.500. The Balaban J connectivity index is 2.16. The molecule has 19 heavy (non-hydrogen) atoms. The molecule has 0 saturated carbocycles. The van der Waals surface area contributed by atoms with Crippen molar-refractivity contribution >= 4 is 11.8 Å². The Morgan fingerprint density at radius 2 is 2.00 bits per heavy atom. The van der Waals surface area contributed by atoms with Gasteiger partial charge in [-0.05, 0) is 30.4 Å². The van der Waals surface area contributed by atoms with E-state index in [0.29, 0.717) is 6.61 Å². The minimum Gasteiger partial charge on any atom is -0.465 e. The normalized spacial score (nSPS) is 18.4. The molecule has 0 aromatic heterocycles. The van der Waals surface area contributed by atoms with Gasteiger partial charge in [0.2, 0.25) is 0 Å². The third-order valence-electron chi connectivity index (χ3n) is 3.71. The molecule has 0 aliphatic heterocycles. The molecule has 0 spiro atoms. The SMILES string of the molecule is CCOC(=O)C(C(=O)C1Cc2ccccc21)C(C)C. The zero-order valence-corrected chi connectivity index (χ0v) is 11.7. The summed E-state index contributed by atoms with van der Waals surface area (Å²) in [5.41, 5.74) is 2.29. The van der Waals surface area contributed by atoms with Crippen molar-refractivity contribution in [1.82, 2.24) is 0 Å². The number of esters is 1. The van der Waals surface area contributed by atoms with Gasteiger partial charge in [-0.2, -0.15) is 0 Å². The first-order valence-electron chi connectivity index (χ1n) is 6.84. The highest BCUT2D eigenvalue weighted by Gasteiger charge is 2.40. The van der Waals surface area contributed by atoms with Gasteiger partial charge in [-0.15, -0.1) is 0 Å². The first-order chi connectivity index (χ1) is 9.06. The van der Waals surface area contributed by atoms with E-state index in [2.05, 4.69) is 0 Å². The number of ketones is 1. The van der Waals surface area contributed by atoms with Gasteiger partial charge in [-0.1, -0.05) is 38.1 Å².